The van der Waals surface area contributed by atoms with Gasteiger partial charge in [-0.25, -0.2) is 9.36 Å². The van der Waals surface area contributed by atoms with Crippen LogP contribution in [0.25, 0.3) is 5.70 Å². The second-order valence-electron chi connectivity index (χ2n) is 10.2. The van der Waals surface area contributed by atoms with E-state index >= 15 is 0 Å². The zero-order chi connectivity index (χ0) is 30.9. The number of allylic oxidation sites excluding steroid dienone is 6. The molecule has 0 atom stereocenters. The molecule has 2 aromatic heterocycles. The lowest BCUT2D eigenvalue weighted by molar-refractivity contribution is -0.147. The van der Waals surface area contributed by atoms with Crippen LogP contribution in [0.15, 0.2) is 47.0 Å². The van der Waals surface area contributed by atoms with E-state index in [2.05, 4.69) is 31.3 Å². The van der Waals surface area contributed by atoms with Gasteiger partial charge in [-0.1, -0.05) is 23.8 Å². The molecule has 2 N–H and O–H groups in total. The molecule has 5 rings (SSSR count). The first-order valence-electron chi connectivity index (χ1n) is 13.3. The average molecular weight is 612 g/mol. The first-order chi connectivity index (χ1) is 20.5. The Hall–Kier alpha value is -4.77. The molecule has 11 nitrogen and oxygen atoms in total. The van der Waals surface area contributed by atoms with E-state index in [-0.39, 0.29) is 39.3 Å². The van der Waals surface area contributed by atoms with Gasteiger partial charge < -0.3 is 10.6 Å². The molecule has 0 aliphatic heterocycles. The number of hydrogen-bond donors (Lipinski definition) is 2. The van der Waals surface area contributed by atoms with Crippen LogP contribution in [-0.2, 0) is 12.7 Å². The van der Waals surface area contributed by atoms with Gasteiger partial charge in [-0.15, -0.1) is 5.10 Å². The minimum Gasteiger partial charge on any atom is -0.349 e. The molecule has 0 bridgehead atoms. The lowest BCUT2D eigenvalue weighted by atomic mass is 10.0. The third kappa shape index (κ3) is 6.51. The van der Waals surface area contributed by atoms with Gasteiger partial charge in [-0.3, -0.25) is 9.59 Å². The first-order valence-corrected chi connectivity index (χ1v) is 13.7. The molecule has 0 radical (unpaired) electrons. The van der Waals surface area contributed by atoms with Gasteiger partial charge in [-0.2, -0.15) is 23.5 Å². The van der Waals surface area contributed by atoms with Gasteiger partial charge in [0.15, 0.2) is 0 Å². The summed E-state index contributed by atoms with van der Waals surface area (Å²) < 4.78 is 42.2. The van der Waals surface area contributed by atoms with Crippen molar-refractivity contribution in [3.05, 3.63) is 80.9 Å². The number of amides is 2. The van der Waals surface area contributed by atoms with E-state index in [4.69, 9.17) is 11.6 Å². The minimum atomic E-state index is -4.81. The van der Waals surface area contributed by atoms with E-state index in [1.807, 2.05) is 19.1 Å². The molecule has 2 heterocycles. The largest absolute Gasteiger partial charge is 0.453 e. The summed E-state index contributed by atoms with van der Waals surface area (Å²) >= 11 is 6.63. The fourth-order valence-corrected chi connectivity index (χ4v) is 4.92. The number of carbonyl (C=O) groups excluding carboxylic acids is 2. The summed E-state index contributed by atoms with van der Waals surface area (Å²) in [6.07, 6.45) is 3.46. The van der Waals surface area contributed by atoms with E-state index < -0.39 is 30.4 Å². The lowest BCUT2D eigenvalue weighted by Crippen LogP contribution is -2.28. The van der Waals surface area contributed by atoms with E-state index in [0.717, 1.165) is 18.4 Å². The minimum absolute atomic E-state index is 0.0242. The molecule has 1 aromatic carbocycles. The molecule has 2 amide bonds. The maximum absolute atomic E-state index is 13.9. The Morgan fingerprint density at radius 1 is 1.19 bits per heavy atom. The molecule has 1 fully saturated rings. The van der Waals surface area contributed by atoms with Crippen molar-refractivity contribution >= 4 is 34.8 Å². The van der Waals surface area contributed by atoms with Gasteiger partial charge >= 0.3 is 6.18 Å². The number of aryl methyl sites for hydroxylation is 1. The maximum atomic E-state index is 13.9. The highest BCUT2D eigenvalue weighted by Gasteiger charge is 2.38. The number of aromatic nitrogens is 6. The number of halogens is 4. The predicted octanol–water partition coefficient (Wildman–Crippen LogP) is 4.97. The first kappa shape index (κ1) is 29.7. The number of nitrogens with zero attached hydrogens (tertiary/aromatic N) is 7. The summed E-state index contributed by atoms with van der Waals surface area (Å²) in [7, 11) is 0. The molecule has 0 unspecified atom stereocenters. The van der Waals surface area contributed by atoms with Crippen LogP contribution in [0.1, 0.15) is 76.1 Å². The Kier molecular flexibility index (Phi) is 8.19. The third-order valence-corrected chi connectivity index (χ3v) is 7.16. The second kappa shape index (κ2) is 11.8. The number of nitrogens with one attached hydrogen (secondary N) is 2. The molecule has 1 saturated carbocycles. The molecule has 0 saturated heterocycles. The van der Waals surface area contributed by atoms with E-state index in [1.165, 1.54) is 22.9 Å². The Morgan fingerprint density at radius 2 is 1.95 bits per heavy atom. The fraction of sp³-hybridized carbons (Fsp3) is 0.321. The zero-order valence-corrected chi connectivity index (χ0v) is 23.8. The number of nitriles is 1. The third-order valence-electron chi connectivity index (χ3n) is 6.86. The number of benzene rings is 1. The highest BCUT2D eigenvalue weighted by Crippen LogP contribution is 2.32. The smallest absolute Gasteiger partial charge is 0.349 e. The lowest BCUT2D eigenvalue weighted by Gasteiger charge is -2.17. The number of hydrogen-bond acceptors (Lipinski definition) is 7. The van der Waals surface area contributed by atoms with Gasteiger partial charge in [0.05, 0.1) is 45.9 Å². The summed E-state index contributed by atoms with van der Waals surface area (Å²) in [6, 6.07) is 6.29. The monoisotopic (exact) mass is 611 g/mol. The molecule has 15 heteroatoms. The Labute approximate surface area is 248 Å². The van der Waals surface area contributed by atoms with Crippen LogP contribution >= 0.6 is 11.6 Å². The molecular weight excluding hydrogens is 587 g/mol. The van der Waals surface area contributed by atoms with Crippen LogP contribution in [0.4, 0.5) is 18.9 Å². The Morgan fingerprint density at radius 3 is 2.65 bits per heavy atom. The van der Waals surface area contributed by atoms with Crippen LogP contribution in [0, 0.1) is 18.3 Å². The van der Waals surface area contributed by atoms with Gasteiger partial charge in [0.1, 0.15) is 5.69 Å². The molecular formula is C28H25ClF3N9O2. The van der Waals surface area contributed by atoms with Crippen LogP contribution in [0.3, 0.4) is 0 Å². The Bertz CT molecular complexity index is 1740. The van der Waals surface area contributed by atoms with Crippen molar-refractivity contribution in [2.24, 2.45) is 0 Å². The fourth-order valence-electron chi connectivity index (χ4n) is 4.60. The zero-order valence-electron chi connectivity index (χ0n) is 23.0. The number of anilines is 1. The standard InChI is InChI=1S/C28H25ClF3N9O2/c1-15-6-4-3-5-7-21(29)24(15)41-22(12-19(37-41)14-40-27(28(30,31)32)36-38-39-40)26(43)35-23-16(2)10-17(13-33)11-20(23)25(42)34-18-8-9-18/h3,5,7,10-12,18H,4,6,8-9,14H2,1-2H3,(H,34,42)(H,35,43). The van der Waals surface area contributed by atoms with Crippen molar-refractivity contribution in [1.29, 1.82) is 5.26 Å². The topological polar surface area (TPSA) is 143 Å². The van der Waals surface area contributed by atoms with Crippen molar-refractivity contribution < 1.29 is 22.8 Å². The van der Waals surface area contributed by atoms with Crippen LogP contribution in [0.5, 0.6) is 0 Å². The number of carbonyl (C=O) groups is 2. The van der Waals surface area contributed by atoms with Crippen molar-refractivity contribution in [2.75, 3.05) is 5.32 Å². The molecule has 222 valence electrons. The predicted molar refractivity (Wildman–Crippen MR) is 150 cm³/mol. The average Bonchev–Trinajstić information content (AvgIpc) is 3.45. The van der Waals surface area contributed by atoms with Crippen LogP contribution < -0.4 is 10.6 Å². The second-order valence-corrected chi connectivity index (χ2v) is 10.6. The maximum Gasteiger partial charge on any atom is 0.453 e. The van der Waals surface area contributed by atoms with Gasteiger partial charge in [0.2, 0.25) is 0 Å². The van der Waals surface area contributed by atoms with E-state index in [0.29, 0.717) is 28.8 Å². The van der Waals surface area contributed by atoms with Crippen LogP contribution in [-0.4, -0.2) is 47.8 Å². The van der Waals surface area contributed by atoms with Gasteiger partial charge in [0.25, 0.3) is 17.6 Å². The summed E-state index contributed by atoms with van der Waals surface area (Å²) in [5, 5.41) is 29.5. The highest BCUT2D eigenvalue weighted by atomic mass is 35.5. The number of alkyl halides is 3. The molecule has 43 heavy (non-hydrogen) atoms. The van der Waals surface area contributed by atoms with Crippen molar-refractivity contribution in [2.45, 2.75) is 58.3 Å². The van der Waals surface area contributed by atoms with Gasteiger partial charge in [-0.05, 0) is 85.4 Å². The van der Waals surface area contributed by atoms with Crippen molar-refractivity contribution in [1.82, 2.24) is 35.3 Å². The van der Waals surface area contributed by atoms with Gasteiger partial charge in [0, 0.05) is 6.04 Å². The SMILES string of the molecule is CC1=C(n2nc(Cn3nnnc3C(F)(F)F)cc2C(=O)Nc2c(C)cc(C#N)cc2C(=O)NC2CC2)C(Cl)=CC=CCC1. The van der Waals surface area contributed by atoms with Crippen LogP contribution in [0.2, 0.25) is 0 Å². The normalized spacial score (nSPS) is 15.4. The number of tetrazole rings is 1. The summed E-state index contributed by atoms with van der Waals surface area (Å²) in [5.74, 6) is -2.47. The quantitative estimate of drug-likeness (QED) is 0.384. The molecule has 2 aliphatic carbocycles. The summed E-state index contributed by atoms with van der Waals surface area (Å²) in [6.45, 7) is 2.98. The summed E-state index contributed by atoms with van der Waals surface area (Å²) in [4.78, 5) is 27.0. The van der Waals surface area contributed by atoms with Crippen molar-refractivity contribution in [3.8, 4) is 6.07 Å². The molecule has 0 spiro atoms. The molecule has 2 aliphatic rings. The van der Waals surface area contributed by atoms with E-state index in [1.54, 1.807) is 19.1 Å². The van der Waals surface area contributed by atoms with Crippen molar-refractivity contribution in [3.63, 3.8) is 0 Å². The number of rotatable bonds is 7. The Balaban J connectivity index is 1.59. The summed E-state index contributed by atoms with van der Waals surface area (Å²) in [5.41, 5.74) is 2.16. The molecule has 3 aromatic rings. The highest BCUT2D eigenvalue weighted by molar-refractivity contribution is 6.36. The van der Waals surface area contributed by atoms with E-state index in [9.17, 15) is 28.0 Å².